The van der Waals surface area contributed by atoms with Crippen LogP contribution in [-0.4, -0.2) is 26.2 Å². The van der Waals surface area contributed by atoms with Crippen molar-refractivity contribution in [1.29, 1.82) is 0 Å². The zero-order valence-corrected chi connectivity index (χ0v) is 12.2. The van der Waals surface area contributed by atoms with Crippen LogP contribution >= 0.6 is 0 Å². The Morgan fingerprint density at radius 2 is 2.05 bits per heavy atom. The van der Waals surface area contributed by atoms with E-state index in [0.717, 1.165) is 43.7 Å². The lowest BCUT2D eigenvalue weighted by molar-refractivity contribution is 0.252. The van der Waals surface area contributed by atoms with Crippen molar-refractivity contribution in [2.24, 2.45) is 0 Å². The van der Waals surface area contributed by atoms with Crippen molar-refractivity contribution in [3.05, 3.63) is 24.3 Å². The molecule has 1 aromatic carbocycles. The Bertz CT molecular complexity index is 393. The smallest absolute Gasteiger partial charge is 0.319 e. The van der Waals surface area contributed by atoms with E-state index in [9.17, 15) is 4.79 Å². The van der Waals surface area contributed by atoms with E-state index in [1.54, 1.807) is 0 Å². The van der Waals surface area contributed by atoms with Gasteiger partial charge < -0.3 is 15.5 Å². The molecule has 4 heteroatoms. The highest BCUT2D eigenvalue weighted by Gasteiger charge is 2.03. The molecular weight excluding hydrogens is 238 g/mol. The molecule has 2 amide bonds. The van der Waals surface area contributed by atoms with E-state index in [1.165, 1.54) is 0 Å². The number of anilines is 2. The standard InChI is InChI=1S/C15H25N3O/c1-4-6-7-11-16-15(19)17-13-9-8-10-14(12-13)18(3)5-2/h8-10,12H,4-7,11H2,1-3H3,(H2,16,17,19). The van der Waals surface area contributed by atoms with Crippen LogP contribution in [0.4, 0.5) is 16.2 Å². The van der Waals surface area contributed by atoms with E-state index in [1.807, 2.05) is 31.3 Å². The van der Waals surface area contributed by atoms with Crippen LogP contribution < -0.4 is 15.5 Å². The van der Waals surface area contributed by atoms with Crippen LogP contribution in [0, 0.1) is 0 Å². The first-order valence-electron chi connectivity index (χ1n) is 7.03. The van der Waals surface area contributed by atoms with Gasteiger partial charge in [-0.1, -0.05) is 25.8 Å². The minimum absolute atomic E-state index is 0.132. The zero-order valence-electron chi connectivity index (χ0n) is 12.2. The average molecular weight is 263 g/mol. The lowest BCUT2D eigenvalue weighted by Crippen LogP contribution is -2.29. The third-order valence-corrected chi connectivity index (χ3v) is 3.09. The van der Waals surface area contributed by atoms with Gasteiger partial charge in [-0.15, -0.1) is 0 Å². The van der Waals surface area contributed by atoms with E-state index >= 15 is 0 Å². The van der Waals surface area contributed by atoms with Crippen molar-refractivity contribution in [2.75, 3.05) is 30.4 Å². The Hall–Kier alpha value is -1.71. The maximum Gasteiger partial charge on any atom is 0.319 e. The molecule has 1 rings (SSSR count). The summed E-state index contributed by atoms with van der Waals surface area (Å²) in [7, 11) is 2.03. The molecule has 0 unspecified atom stereocenters. The van der Waals surface area contributed by atoms with Crippen molar-refractivity contribution < 1.29 is 4.79 Å². The number of carbonyl (C=O) groups is 1. The molecule has 106 valence electrons. The topological polar surface area (TPSA) is 44.4 Å². The Kier molecular flexibility index (Phi) is 6.79. The second-order valence-electron chi connectivity index (χ2n) is 4.65. The molecule has 0 aromatic heterocycles. The third-order valence-electron chi connectivity index (χ3n) is 3.09. The first-order valence-corrected chi connectivity index (χ1v) is 7.03. The molecule has 2 N–H and O–H groups in total. The first kappa shape index (κ1) is 15.3. The number of nitrogens with one attached hydrogen (secondary N) is 2. The van der Waals surface area contributed by atoms with Gasteiger partial charge in [0.1, 0.15) is 0 Å². The van der Waals surface area contributed by atoms with Gasteiger partial charge in [-0.2, -0.15) is 0 Å². The lowest BCUT2D eigenvalue weighted by atomic mass is 10.2. The second-order valence-corrected chi connectivity index (χ2v) is 4.65. The predicted octanol–water partition coefficient (Wildman–Crippen LogP) is 3.45. The normalized spacial score (nSPS) is 10.1. The predicted molar refractivity (Wildman–Crippen MR) is 81.9 cm³/mol. The van der Waals surface area contributed by atoms with Crippen molar-refractivity contribution in [3.8, 4) is 0 Å². The number of urea groups is 1. The van der Waals surface area contributed by atoms with E-state index in [0.29, 0.717) is 0 Å². The molecule has 4 nitrogen and oxygen atoms in total. The molecule has 0 aliphatic rings. The van der Waals surface area contributed by atoms with E-state index < -0.39 is 0 Å². The molecular formula is C15H25N3O. The van der Waals surface area contributed by atoms with Gasteiger partial charge in [0.2, 0.25) is 0 Å². The van der Waals surface area contributed by atoms with Crippen LogP contribution in [0.5, 0.6) is 0 Å². The number of hydrogen-bond acceptors (Lipinski definition) is 2. The monoisotopic (exact) mass is 263 g/mol. The molecule has 0 heterocycles. The second kappa shape index (κ2) is 8.40. The number of nitrogens with zero attached hydrogens (tertiary/aromatic N) is 1. The molecule has 0 atom stereocenters. The molecule has 0 aliphatic heterocycles. The van der Waals surface area contributed by atoms with E-state index in [4.69, 9.17) is 0 Å². The van der Waals surface area contributed by atoms with Crippen molar-refractivity contribution in [1.82, 2.24) is 5.32 Å². The molecule has 0 saturated heterocycles. The maximum absolute atomic E-state index is 11.7. The fraction of sp³-hybridized carbons (Fsp3) is 0.533. The van der Waals surface area contributed by atoms with Gasteiger partial charge in [-0.05, 0) is 31.5 Å². The zero-order chi connectivity index (χ0) is 14.1. The van der Waals surface area contributed by atoms with E-state index in [2.05, 4.69) is 29.4 Å². The highest BCUT2D eigenvalue weighted by Crippen LogP contribution is 2.17. The largest absolute Gasteiger partial charge is 0.375 e. The van der Waals surface area contributed by atoms with Gasteiger partial charge in [0.05, 0.1) is 0 Å². The number of benzene rings is 1. The summed E-state index contributed by atoms with van der Waals surface area (Å²) in [6, 6.07) is 7.74. The SMILES string of the molecule is CCCCCNC(=O)Nc1cccc(N(C)CC)c1. The highest BCUT2D eigenvalue weighted by molar-refractivity contribution is 5.89. The van der Waals surface area contributed by atoms with Crippen LogP contribution in [0.1, 0.15) is 33.1 Å². The molecule has 0 fully saturated rings. The number of hydrogen-bond donors (Lipinski definition) is 2. The maximum atomic E-state index is 11.7. The Balaban J connectivity index is 2.45. The first-order chi connectivity index (χ1) is 9.17. The van der Waals surface area contributed by atoms with Crippen LogP contribution in [0.15, 0.2) is 24.3 Å². The van der Waals surface area contributed by atoms with Crippen LogP contribution in [0.2, 0.25) is 0 Å². The lowest BCUT2D eigenvalue weighted by Gasteiger charge is -2.17. The third kappa shape index (κ3) is 5.64. The summed E-state index contributed by atoms with van der Waals surface area (Å²) in [6.07, 6.45) is 3.34. The molecule has 0 bridgehead atoms. The average Bonchev–Trinajstić information content (AvgIpc) is 2.43. The molecule has 19 heavy (non-hydrogen) atoms. The van der Waals surface area contributed by atoms with Crippen molar-refractivity contribution in [3.63, 3.8) is 0 Å². The van der Waals surface area contributed by atoms with Gasteiger partial charge in [0.15, 0.2) is 0 Å². The summed E-state index contributed by atoms with van der Waals surface area (Å²) in [5.41, 5.74) is 1.93. The molecule has 1 aromatic rings. The molecule has 0 radical (unpaired) electrons. The van der Waals surface area contributed by atoms with Crippen LogP contribution in [0.3, 0.4) is 0 Å². The van der Waals surface area contributed by atoms with Gasteiger partial charge in [0, 0.05) is 31.5 Å². The number of carbonyl (C=O) groups excluding carboxylic acids is 1. The summed E-state index contributed by atoms with van der Waals surface area (Å²) in [5.74, 6) is 0. The minimum Gasteiger partial charge on any atom is -0.375 e. The molecule has 0 saturated carbocycles. The highest BCUT2D eigenvalue weighted by atomic mass is 16.2. The van der Waals surface area contributed by atoms with Gasteiger partial charge >= 0.3 is 6.03 Å². The Morgan fingerprint density at radius 3 is 2.74 bits per heavy atom. The Morgan fingerprint density at radius 1 is 1.26 bits per heavy atom. The summed E-state index contributed by atoms with van der Waals surface area (Å²) in [4.78, 5) is 13.8. The summed E-state index contributed by atoms with van der Waals surface area (Å²) < 4.78 is 0. The van der Waals surface area contributed by atoms with Gasteiger partial charge in [-0.25, -0.2) is 4.79 Å². The molecule has 0 spiro atoms. The number of unbranched alkanes of at least 4 members (excludes halogenated alkanes) is 2. The van der Waals surface area contributed by atoms with Crippen molar-refractivity contribution >= 4 is 17.4 Å². The number of amides is 2. The van der Waals surface area contributed by atoms with E-state index in [-0.39, 0.29) is 6.03 Å². The summed E-state index contributed by atoms with van der Waals surface area (Å²) in [6.45, 7) is 5.91. The fourth-order valence-electron chi connectivity index (χ4n) is 1.76. The van der Waals surface area contributed by atoms with Crippen LogP contribution in [0.25, 0.3) is 0 Å². The fourth-order valence-corrected chi connectivity index (χ4v) is 1.76. The number of rotatable bonds is 7. The summed E-state index contributed by atoms with van der Waals surface area (Å²) >= 11 is 0. The van der Waals surface area contributed by atoms with Gasteiger partial charge in [0.25, 0.3) is 0 Å². The van der Waals surface area contributed by atoms with Crippen molar-refractivity contribution in [2.45, 2.75) is 33.1 Å². The summed E-state index contributed by atoms with van der Waals surface area (Å²) in [5, 5.41) is 5.73. The molecule has 0 aliphatic carbocycles. The Labute approximate surface area is 116 Å². The van der Waals surface area contributed by atoms with Gasteiger partial charge in [-0.3, -0.25) is 0 Å². The minimum atomic E-state index is -0.132. The quantitative estimate of drug-likeness (QED) is 0.740. The van der Waals surface area contributed by atoms with Crippen LogP contribution in [-0.2, 0) is 0 Å².